The summed E-state index contributed by atoms with van der Waals surface area (Å²) in [7, 11) is -5.12. The number of esters is 2. The maximum absolute atomic E-state index is 12.8. The molecule has 348 valence electrons. The van der Waals surface area contributed by atoms with Gasteiger partial charge in [0.2, 0.25) is 0 Å². The van der Waals surface area contributed by atoms with Crippen molar-refractivity contribution in [2.24, 2.45) is 0 Å². The summed E-state index contributed by atoms with van der Waals surface area (Å²) in [5.74, 6) is -1.13. The smallest absolute Gasteiger partial charge is 0.462 e. The summed E-state index contributed by atoms with van der Waals surface area (Å²) in [6.07, 6.45) is 28.7. The highest BCUT2D eigenvalue weighted by molar-refractivity contribution is 7.47. The van der Waals surface area contributed by atoms with E-state index in [1.165, 1.54) is 32.1 Å². The lowest BCUT2D eigenvalue weighted by Crippen LogP contribution is -2.64. The number of aliphatic hydroxyl groups is 5. The summed E-state index contributed by atoms with van der Waals surface area (Å²) in [5.41, 5.74) is 0. The van der Waals surface area contributed by atoms with Crippen molar-refractivity contribution in [1.29, 1.82) is 0 Å². The number of hydrogen-bond donors (Lipinski definition) is 6. The first-order valence-corrected chi connectivity index (χ1v) is 24.4. The molecule has 1 rings (SSSR count). The molecule has 60 heavy (non-hydrogen) atoms. The van der Waals surface area contributed by atoms with Crippen molar-refractivity contribution in [3.63, 3.8) is 0 Å². The van der Waals surface area contributed by atoms with Gasteiger partial charge in [-0.05, 0) is 70.6 Å². The Morgan fingerprint density at radius 1 is 0.517 bits per heavy atom. The van der Waals surface area contributed by atoms with Crippen molar-refractivity contribution >= 4 is 19.8 Å². The van der Waals surface area contributed by atoms with Crippen LogP contribution in [-0.4, -0.2) is 98.3 Å². The highest BCUT2D eigenvalue weighted by Gasteiger charge is 2.51. The van der Waals surface area contributed by atoms with Crippen LogP contribution in [0.1, 0.15) is 174 Å². The fraction of sp³-hybridized carbons (Fsp3) is 0.783. The molecule has 0 aromatic heterocycles. The standard InChI is InChI=1S/C46H81O13P/c1-3-5-7-9-11-13-15-17-19-20-21-23-25-27-29-31-33-35-40(48)58-38(37-57-60(54,55)59-46-44(52)42(50)41(49)43(51)45(46)53)36-56-39(47)34-32-30-28-26-24-22-18-16-14-12-10-8-6-4-2/h10-13,16-19,38,41-46,49-53H,3-9,14-15,20-37H2,1-2H3,(H,54,55)/b12-10-,13-11-,18-16-,19-17-/t38-,41?,42-,43?,44?,45?,46?/m1/s1. The minimum absolute atomic E-state index is 0.0834. The number of rotatable bonds is 37. The van der Waals surface area contributed by atoms with Crippen molar-refractivity contribution in [2.45, 2.75) is 217 Å². The quantitative estimate of drug-likeness (QED) is 0.0149. The molecule has 0 radical (unpaired) electrons. The van der Waals surface area contributed by atoms with Crippen LogP contribution in [0.15, 0.2) is 48.6 Å². The number of hydrogen-bond acceptors (Lipinski definition) is 12. The Morgan fingerprint density at radius 3 is 1.40 bits per heavy atom. The third-order valence-electron chi connectivity index (χ3n) is 10.4. The van der Waals surface area contributed by atoms with Crippen LogP contribution in [0.25, 0.3) is 0 Å². The fourth-order valence-electron chi connectivity index (χ4n) is 6.63. The number of aliphatic hydroxyl groups excluding tert-OH is 5. The second-order valence-electron chi connectivity index (χ2n) is 15.9. The highest BCUT2D eigenvalue weighted by atomic mass is 31.2. The first-order chi connectivity index (χ1) is 28.9. The molecule has 0 amide bonds. The molecule has 0 aromatic carbocycles. The zero-order valence-corrected chi connectivity index (χ0v) is 37.6. The summed E-state index contributed by atoms with van der Waals surface area (Å²) in [6, 6.07) is 0. The van der Waals surface area contributed by atoms with Gasteiger partial charge in [0, 0.05) is 12.8 Å². The van der Waals surface area contributed by atoms with Gasteiger partial charge in [-0.1, -0.05) is 140 Å². The number of carbonyl (C=O) groups excluding carboxylic acids is 2. The van der Waals surface area contributed by atoms with Crippen molar-refractivity contribution in [1.82, 2.24) is 0 Å². The molecule has 0 spiro atoms. The lowest BCUT2D eigenvalue weighted by molar-refractivity contribution is -0.220. The van der Waals surface area contributed by atoms with E-state index in [1.54, 1.807) is 0 Å². The van der Waals surface area contributed by atoms with Crippen molar-refractivity contribution in [3.05, 3.63) is 48.6 Å². The number of allylic oxidation sites excluding steroid dienone is 8. The van der Waals surface area contributed by atoms with Crippen LogP contribution >= 0.6 is 7.82 Å². The minimum Gasteiger partial charge on any atom is -0.462 e. The predicted molar refractivity (Wildman–Crippen MR) is 235 cm³/mol. The summed E-state index contributed by atoms with van der Waals surface area (Å²) >= 11 is 0. The molecule has 1 saturated carbocycles. The average molecular weight is 873 g/mol. The van der Waals surface area contributed by atoms with Crippen LogP contribution in [0.4, 0.5) is 0 Å². The third kappa shape index (κ3) is 28.4. The number of ether oxygens (including phenoxy) is 2. The highest BCUT2D eigenvalue weighted by Crippen LogP contribution is 2.47. The molecule has 6 unspecified atom stereocenters. The zero-order chi connectivity index (χ0) is 44.3. The SMILES string of the molecule is CCCC/C=C\C/C=C\CCCCCCCC(=O)OC[C@H](COP(=O)(O)OC1C(O)C(O)C(O)[C@@H](O)C1O)OC(=O)CCCCCCCCC/C=C\C/C=C\CCCCC. The van der Waals surface area contributed by atoms with Gasteiger partial charge < -0.3 is 39.9 Å². The van der Waals surface area contributed by atoms with Gasteiger partial charge in [0.25, 0.3) is 0 Å². The summed E-state index contributed by atoms with van der Waals surface area (Å²) < 4.78 is 33.5. The maximum atomic E-state index is 12.8. The molecule has 1 fully saturated rings. The van der Waals surface area contributed by atoms with Crippen molar-refractivity contribution in [2.75, 3.05) is 13.2 Å². The molecule has 14 heteroatoms. The molecular formula is C46H81O13P. The fourth-order valence-corrected chi connectivity index (χ4v) is 7.60. The zero-order valence-electron chi connectivity index (χ0n) is 36.7. The maximum Gasteiger partial charge on any atom is 0.472 e. The average Bonchev–Trinajstić information content (AvgIpc) is 3.23. The van der Waals surface area contributed by atoms with E-state index >= 15 is 0 Å². The van der Waals surface area contributed by atoms with Crippen molar-refractivity contribution in [3.8, 4) is 0 Å². The van der Waals surface area contributed by atoms with Gasteiger partial charge in [-0.25, -0.2) is 4.57 Å². The van der Waals surface area contributed by atoms with Crippen molar-refractivity contribution < 1.29 is 63.1 Å². The van der Waals surface area contributed by atoms with Gasteiger partial charge >= 0.3 is 19.8 Å². The van der Waals surface area contributed by atoms with Crippen LogP contribution in [0, 0.1) is 0 Å². The Hall–Kier alpha value is -2.19. The Balaban J connectivity index is 2.48. The van der Waals surface area contributed by atoms with Gasteiger partial charge in [0.15, 0.2) is 6.10 Å². The van der Waals surface area contributed by atoms with Gasteiger partial charge in [-0.2, -0.15) is 0 Å². The van der Waals surface area contributed by atoms with E-state index in [9.17, 15) is 44.6 Å². The first-order valence-electron chi connectivity index (χ1n) is 22.9. The predicted octanol–water partition coefficient (Wildman–Crippen LogP) is 8.78. The molecule has 6 N–H and O–H groups in total. The largest absolute Gasteiger partial charge is 0.472 e. The molecular weight excluding hydrogens is 791 g/mol. The Kier molecular flexibility index (Phi) is 33.8. The summed E-state index contributed by atoms with van der Waals surface area (Å²) in [5, 5.41) is 50.1. The molecule has 1 aliphatic carbocycles. The van der Waals surface area contributed by atoms with Crippen LogP contribution < -0.4 is 0 Å². The van der Waals surface area contributed by atoms with E-state index < -0.39 is 75.7 Å². The van der Waals surface area contributed by atoms with E-state index in [0.29, 0.717) is 12.8 Å². The van der Waals surface area contributed by atoms with Crippen LogP contribution in [0.3, 0.4) is 0 Å². The van der Waals surface area contributed by atoms with Gasteiger partial charge in [0.05, 0.1) is 6.61 Å². The second-order valence-corrected chi connectivity index (χ2v) is 17.3. The van der Waals surface area contributed by atoms with Crippen LogP contribution in [0.2, 0.25) is 0 Å². The second kappa shape index (κ2) is 36.3. The van der Waals surface area contributed by atoms with E-state index in [1.807, 2.05) is 0 Å². The number of unbranched alkanes of at least 4 members (excludes halogenated alkanes) is 17. The molecule has 0 heterocycles. The molecule has 13 nitrogen and oxygen atoms in total. The lowest BCUT2D eigenvalue weighted by Gasteiger charge is -2.41. The number of phosphoric acid groups is 1. The van der Waals surface area contributed by atoms with E-state index in [4.69, 9.17) is 18.5 Å². The first kappa shape index (κ1) is 55.8. The Bertz CT molecular complexity index is 1240. The normalized spacial score (nSPS) is 22.6. The number of carbonyl (C=O) groups is 2. The van der Waals surface area contributed by atoms with E-state index in [0.717, 1.165) is 103 Å². The third-order valence-corrected chi connectivity index (χ3v) is 11.4. The van der Waals surface area contributed by atoms with Gasteiger partial charge in [0.1, 0.15) is 43.2 Å². The van der Waals surface area contributed by atoms with Crippen LogP contribution in [0.5, 0.6) is 0 Å². The minimum atomic E-state index is -5.12. The summed E-state index contributed by atoms with van der Waals surface area (Å²) in [4.78, 5) is 35.7. The van der Waals surface area contributed by atoms with E-state index in [-0.39, 0.29) is 12.8 Å². The Morgan fingerprint density at radius 2 is 0.917 bits per heavy atom. The Labute approximate surface area is 360 Å². The summed E-state index contributed by atoms with van der Waals surface area (Å²) in [6.45, 7) is 3.21. The van der Waals surface area contributed by atoms with Gasteiger partial charge in [-0.3, -0.25) is 18.6 Å². The molecule has 0 bridgehead atoms. The lowest BCUT2D eigenvalue weighted by atomic mass is 9.85. The molecule has 8 atom stereocenters. The molecule has 1 aliphatic rings. The van der Waals surface area contributed by atoms with E-state index in [2.05, 4.69) is 62.5 Å². The monoisotopic (exact) mass is 873 g/mol. The molecule has 0 saturated heterocycles. The molecule has 0 aliphatic heterocycles. The number of phosphoric ester groups is 1. The molecule has 0 aromatic rings. The van der Waals surface area contributed by atoms with Gasteiger partial charge in [-0.15, -0.1) is 0 Å². The topological polar surface area (TPSA) is 210 Å². The van der Waals surface area contributed by atoms with Crippen LogP contribution in [-0.2, 0) is 32.7 Å².